The molecule has 0 aliphatic rings. The zero-order chi connectivity index (χ0) is 17.2. The molecule has 1 N–H and O–H groups in total. The predicted molar refractivity (Wildman–Crippen MR) is 91.5 cm³/mol. The Hall–Kier alpha value is -3.67. The zero-order valence-corrected chi connectivity index (χ0v) is 13.0. The summed E-state index contributed by atoms with van der Waals surface area (Å²) in [5.74, 6) is -0.347. The van der Waals surface area contributed by atoms with E-state index in [1.807, 2.05) is 53.4 Å². The lowest BCUT2D eigenvalue weighted by Gasteiger charge is -2.07. The van der Waals surface area contributed by atoms with Crippen molar-refractivity contribution in [2.24, 2.45) is 0 Å². The summed E-state index contributed by atoms with van der Waals surface area (Å²) < 4.78 is 7.76. The summed E-state index contributed by atoms with van der Waals surface area (Å²) in [5, 5.41) is 17.3. The van der Waals surface area contributed by atoms with Gasteiger partial charge in [0, 0.05) is 18.0 Å². The van der Waals surface area contributed by atoms with Crippen LogP contribution in [0.1, 0.15) is 10.4 Å². The highest BCUT2D eigenvalue weighted by molar-refractivity contribution is 5.89. The van der Waals surface area contributed by atoms with E-state index in [0.29, 0.717) is 11.5 Å². The van der Waals surface area contributed by atoms with Gasteiger partial charge in [-0.25, -0.2) is 4.79 Å². The van der Waals surface area contributed by atoms with Crippen molar-refractivity contribution in [3.05, 3.63) is 78.6 Å². The number of aromatic nitrogens is 3. The van der Waals surface area contributed by atoms with Gasteiger partial charge in [-0.3, -0.25) is 0 Å². The number of nitrogens with zero attached hydrogens (tertiary/aromatic N) is 3. The lowest BCUT2D eigenvalue weighted by molar-refractivity contribution is 0.0697. The third-order valence-corrected chi connectivity index (χ3v) is 3.80. The smallest absolute Gasteiger partial charge is 0.335 e. The molecule has 0 aliphatic heterocycles. The first-order valence-electron chi connectivity index (χ1n) is 7.62. The van der Waals surface area contributed by atoms with E-state index in [-0.39, 0.29) is 11.5 Å². The van der Waals surface area contributed by atoms with Crippen molar-refractivity contribution in [2.45, 2.75) is 0 Å². The summed E-state index contributed by atoms with van der Waals surface area (Å²) >= 11 is 0. The Kier molecular flexibility index (Phi) is 3.63. The molecule has 25 heavy (non-hydrogen) atoms. The minimum absolute atomic E-state index is 0.171. The minimum atomic E-state index is -1.00. The second kappa shape index (κ2) is 6.09. The zero-order valence-electron chi connectivity index (χ0n) is 13.0. The van der Waals surface area contributed by atoms with Crippen LogP contribution in [0, 0.1) is 0 Å². The quantitative estimate of drug-likeness (QED) is 0.613. The molecule has 6 nitrogen and oxygen atoms in total. The first-order valence-corrected chi connectivity index (χ1v) is 7.62. The molecular formula is C19H13N3O3. The van der Waals surface area contributed by atoms with Crippen LogP contribution in [0.5, 0.6) is 0 Å². The highest BCUT2D eigenvalue weighted by Gasteiger charge is 2.15. The number of rotatable bonds is 4. The predicted octanol–water partition coefficient (Wildman–Crippen LogP) is 3.89. The average Bonchev–Trinajstić information content (AvgIpc) is 3.34. The molecule has 2 aromatic carbocycles. The van der Waals surface area contributed by atoms with Crippen LogP contribution in [-0.2, 0) is 0 Å². The van der Waals surface area contributed by atoms with Gasteiger partial charge >= 0.3 is 5.97 Å². The number of benzene rings is 2. The van der Waals surface area contributed by atoms with Crippen molar-refractivity contribution in [1.29, 1.82) is 0 Å². The summed E-state index contributed by atoms with van der Waals surface area (Å²) in [6.45, 7) is 0. The normalized spacial score (nSPS) is 10.7. The number of hydrogen-bond acceptors (Lipinski definition) is 4. The molecule has 0 saturated heterocycles. The molecule has 0 fully saturated rings. The first-order chi connectivity index (χ1) is 12.2. The minimum Gasteiger partial charge on any atom is -0.478 e. The SMILES string of the molecule is O=C(O)c1cccc(-c2nnc(-c3ccccc3-n3cccc3)o2)c1. The molecule has 2 heterocycles. The third-order valence-electron chi connectivity index (χ3n) is 3.80. The van der Waals surface area contributed by atoms with E-state index in [0.717, 1.165) is 11.3 Å². The molecule has 6 heteroatoms. The van der Waals surface area contributed by atoms with Crippen LogP contribution in [0.2, 0.25) is 0 Å². The van der Waals surface area contributed by atoms with Gasteiger partial charge < -0.3 is 14.1 Å². The fourth-order valence-electron chi connectivity index (χ4n) is 2.61. The summed E-state index contributed by atoms with van der Waals surface area (Å²) in [6, 6.07) is 18.0. The first kappa shape index (κ1) is 14.9. The Bertz CT molecular complexity index is 1040. The van der Waals surface area contributed by atoms with Crippen molar-refractivity contribution < 1.29 is 14.3 Å². The second-order valence-electron chi connectivity index (χ2n) is 5.41. The lowest BCUT2D eigenvalue weighted by Crippen LogP contribution is -1.95. The molecule has 0 spiro atoms. The topological polar surface area (TPSA) is 81.1 Å². The van der Waals surface area contributed by atoms with E-state index < -0.39 is 5.97 Å². The van der Waals surface area contributed by atoms with E-state index in [9.17, 15) is 4.79 Å². The van der Waals surface area contributed by atoms with Crippen LogP contribution < -0.4 is 0 Å². The molecule has 122 valence electrons. The molecule has 0 atom stereocenters. The molecule has 0 saturated carbocycles. The highest BCUT2D eigenvalue weighted by Crippen LogP contribution is 2.28. The van der Waals surface area contributed by atoms with Gasteiger partial charge in [-0.15, -0.1) is 10.2 Å². The largest absolute Gasteiger partial charge is 0.478 e. The number of carbonyl (C=O) groups is 1. The van der Waals surface area contributed by atoms with Gasteiger partial charge in [0.25, 0.3) is 0 Å². The van der Waals surface area contributed by atoms with E-state index in [4.69, 9.17) is 9.52 Å². The molecule has 0 unspecified atom stereocenters. The van der Waals surface area contributed by atoms with Crippen LogP contribution in [0.3, 0.4) is 0 Å². The van der Waals surface area contributed by atoms with Gasteiger partial charge in [-0.2, -0.15) is 0 Å². The van der Waals surface area contributed by atoms with Crippen molar-refractivity contribution in [3.63, 3.8) is 0 Å². The van der Waals surface area contributed by atoms with Crippen LogP contribution in [0.15, 0.2) is 77.5 Å². The Morgan fingerprint density at radius 1 is 0.920 bits per heavy atom. The van der Waals surface area contributed by atoms with Crippen molar-refractivity contribution in [2.75, 3.05) is 0 Å². The summed E-state index contributed by atoms with van der Waals surface area (Å²) in [5.41, 5.74) is 2.45. The standard InChI is InChI=1S/C19H13N3O3/c23-19(24)14-7-5-6-13(12-14)17-20-21-18(25-17)15-8-1-2-9-16(15)22-10-3-4-11-22/h1-12H,(H,23,24). The molecular weight excluding hydrogens is 318 g/mol. The Labute approximate surface area is 143 Å². The van der Waals surface area contributed by atoms with Crippen molar-refractivity contribution in [3.8, 4) is 28.6 Å². The maximum Gasteiger partial charge on any atom is 0.335 e. The van der Waals surface area contributed by atoms with E-state index >= 15 is 0 Å². The van der Waals surface area contributed by atoms with Crippen LogP contribution >= 0.6 is 0 Å². The van der Waals surface area contributed by atoms with Gasteiger partial charge in [0.2, 0.25) is 11.8 Å². The van der Waals surface area contributed by atoms with Crippen LogP contribution in [0.4, 0.5) is 0 Å². The fraction of sp³-hybridized carbons (Fsp3) is 0. The second-order valence-corrected chi connectivity index (χ2v) is 5.41. The number of para-hydroxylation sites is 1. The van der Waals surface area contributed by atoms with Gasteiger partial charge in [0.05, 0.1) is 16.8 Å². The van der Waals surface area contributed by atoms with Crippen LogP contribution in [-0.4, -0.2) is 25.8 Å². The summed E-state index contributed by atoms with van der Waals surface area (Å²) in [6.07, 6.45) is 3.87. The number of carboxylic acid groups (broad SMARTS) is 1. The highest BCUT2D eigenvalue weighted by atomic mass is 16.4. The maximum atomic E-state index is 11.1. The number of aromatic carboxylic acids is 1. The molecule has 0 bridgehead atoms. The van der Waals surface area contributed by atoms with Gasteiger partial charge in [-0.1, -0.05) is 18.2 Å². The van der Waals surface area contributed by atoms with E-state index in [1.54, 1.807) is 12.1 Å². The third kappa shape index (κ3) is 2.81. The van der Waals surface area contributed by atoms with E-state index in [2.05, 4.69) is 10.2 Å². The molecule has 4 rings (SSSR count). The molecule has 0 radical (unpaired) electrons. The molecule has 2 aromatic heterocycles. The maximum absolute atomic E-state index is 11.1. The molecule has 0 amide bonds. The summed E-state index contributed by atoms with van der Waals surface area (Å²) in [7, 11) is 0. The number of carboxylic acids is 1. The average molecular weight is 331 g/mol. The Morgan fingerprint density at radius 2 is 1.68 bits per heavy atom. The fourth-order valence-corrected chi connectivity index (χ4v) is 2.61. The van der Waals surface area contributed by atoms with Crippen molar-refractivity contribution >= 4 is 5.97 Å². The van der Waals surface area contributed by atoms with Crippen molar-refractivity contribution in [1.82, 2.24) is 14.8 Å². The van der Waals surface area contributed by atoms with Gasteiger partial charge in [-0.05, 0) is 42.5 Å². The Balaban J connectivity index is 1.76. The monoisotopic (exact) mass is 331 g/mol. The Morgan fingerprint density at radius 3 is 2.48 bits per heavy atom. The number of hydrogen-bond donors (Lipinski definition) is 1. The van der Waals surface area contributed by atoms with Gasteiger partial charge in [0.15, 0.2) is 0 Å². The lowest BCUT2D eigenvalue weighted by atomic mass is 10.1. The molecule has 0 aliphatic carbocycles. The molecule has 4 aromatic rings. The van der Waals surface area contributed by atoms with Gasteiger partial charge in [0.1, 0.15) is 0 Å². The van der Waals surface area contributed by atoms with E-state index in [1.165, 1.54) is 12.1 Å². The summed E-state index contributed by atoms with van der Waals surface area (Å²) in [4.78, 5) is 11.1. The van der Waals surface area contributed by atoms with Crippen LogP contribution in [0.25, 0.3) is 28.6 Å².